The third-order valence-electron chi connectivity index (χ3n) is 7.05. The Kier molecular flexibility index (Phi) is 7.39. The Morgan fingerprint density at radius 3 is 2.59 bits per heavy atom. The van der Waals surface area contributed by atoms with Crippen LogP contribution < -0.4 is 14.5 Å². The first-order valence-electron chi connectivity index (χ1n) is 13.0. The zero-order valence-corrected chi connectivity index (χ0v) is 23.0. The van der Waals surface area contributed by atoms with Gasteiger partial charge in [-0.3, -0.25) is 14.4 Å². The van der Waals surface area contributed by atoms with E-state index in [0.29, 0.717) is 17.3 Å². The van der Waals surface area contributed by atoms with E-state index in [1.54, 1.807) is 18.3 Å². The number of carbonyl (C=O) groups excluding carboxylic acids is 2. The van der Waals surface area contributed by atoms with Gasteiger partial charge in [0.25, 0.3) is 0 Å². The minimum atomic E-state index is -3.36. The molecule has 3 aromatic rings. The number of carbonyl (C=O) groups is 2. The quantitative estimate of drug-likeness (QED) is 0.366. The lowest BCUT2D eigenvalue weighted by molar-refractivity contribution is 0.0734. The first-order chi connectivity index (χ1) is 19.8. The van der Waals surface area contributed by atoms with Gasteiger partial charge in [-0.15, -0.1) is 0 Å². The highest BCUT2D eigenvalue weighted by Gasteiger charge is 2.46. The third kappa shape index (κ3) is 5.64. The van der Waals surface area contributed by atoms with Gasteiger partial charge < -0.3 is 28.4 Å². The predicted octanol–water partition coefficient (Wildman–Crippen LogP) is 4.21. The molecule has 0 bridgehead atoms. The molecule has 0 radical (unpaired) electrons. The van der Waals surface area contributed by atoms with Gasteiger partial charge in [0.15, 0.2) is 6.10 Å². The van der Waals surface area contributed by atoms with Crippen molar-refractivity contribution in [1.82, 2.24) is 4.98 Å². The molecule has 2 unspecified atom stereocenters. The monoisotopic (exact) mass is 581 g/mol. The molecule has 0 spiro atoms. The SMILES string of the molecule is CP(=O)(OCc1ccccc1)OCC1CN(c2ccc(-c3ccc4c(c3)OC[C@H]3[C@H](CO)OC(=O)N43)cn2)C(=O)O1. The molecule has 0 saturated carbocycles. The van der Waals surface area contributed by atoms with Crippen LogP contribution >= 0.6 is 7.60 Å². The third-order valence-corrected chi connectivity index (χ3v) is 8.27. The molecule has 2 aromatic carbocycles. The van der Waals surface area contributed by atoms with Gasteiger partial charge in [-0.05, 0) is 35.4 Å². The summed E-state index contributed by atoms with van der Waals surface area (Å²) in [5.41, 5.74) is 3.02. The number of benzene rings is 2. The molecule has 1 aromatic heterocycles. The van der Waals surface area contributed by atoms with Crippen molar-refractivity contribution in [3.63, 3.8) is 0 Å². The minimum Gasteiger partial charge on any atom is -0.489 e. The molecule has 13 heteroatoms. The van der Waals surface area contributed by atoms with Crippen molar-refractivity contribution in [2.45, 2.75) is 24.9 Å². The van der Waals surface area contributed by atoms with Gasteiger partial charge in [0.05, 0.1) is 32.1 Å². The zero-order valence-electron chi connectivity index (χ0n) is 22.1. The van der Waals surface area contributed by atoms with Crippen molar-refractivity contribution in [1.29, 1.82) is 0 Å². The Morgan fingerprint density at radius 1 is 1.02 bits per heavy atom. The number of pyridine rings is 1. The summed E-state index contributed by atoms with van der Waals surface area (Å²) in [7, 11) is -3.36. The molecule has 4 heterocycles. The fourth-order valence-corrected chi connectivity index (χ4v) is 5.80. The summed E-state index contributed by atoms with van der Waals surface area (Å²) in [5.74, 6) is 0.915. The van der Waals surface area contributed by atoms with E-state index in [2.05, 4.69) is 4.98 Å². The maximum absolute atomic E-state index is 12.7. The van der Waals surface area contributed by atoms with Gasteiger partial charge in [0.1, 0.15) is 30.3 Å². The second-order valence-corrected chi connectivity index (χ2v) is 11.9. The molecule has 1 N–H and O–H groups in total. The first kappa shape index (κ1) is 27.2. The first-order valence-corrected chi connectivity index (χ1v) is 15.0. The molecule has 4 atom stereocenters. The van der Waals surface area contributed by atoms with Crippen molar-refractivity contribution >= 4 is 31.3 Å². The number of hydrogen-bond acceptors (Lipinski definition) is 10. The fraction of sp³-hybridized carbons (Fsp3) is 0.321. The lowest BCUT2D eigenvalue weighted by Gasteiger charge is -2.31. The molecular weight excluding hydrogens is 553 g/mol. The molecule has 3 aliphatic heterocycles. The van der Waals surface area contributed by atoms with E-state index in [1.807, 2.05) is 48.5 Å². The summed E-state index contributed by atoms with van der Waals surface area (Å²) >= 11 is 0. The van der Waals surface area contributed by atoms with Crippen LogP contribution in [0.1, 0.15) is 5.56 Å². The molecule has 2 fully saturated rings. The van der Waals surface area contributed by atoms with E-state index in [1.165, 1.54) is 16.5 Å². The number of aromatic nitrogens is 1. The van der Waals surface area contributed by atoms with Crippen LogP contribution in [0.5, 0.6) is 5.75 Å². The minimum absolute atomic E-state index is 0.0809. The maximum atomic E-state index is 12.7. The van der Waals surface area contributed by atoms with Crippen LogP contribution in [0.2, 0.25) is 0 Å². The number of nitrogens with zero attached hydrogens (tertiary/aromatic N) is 3. The van der Waals surface area contributed by atoms with Gasteiger partial charge in [0, 0.05) is 18.4 Å². The standard InChI is InChI=1S/C28H28N3O9P/c1-41(35,37-15-18-5-3-2-4-6-18)38-16-21-13-30(27(33)39-21)26-10-8-20(12-29-26)19-7-9-22-24(11-19)36-17-23-25(14-32)40-28(34)31(22)23/h2-12,21,23,25,32H,13-17H2,1H3/t21?,23-,25-,41?/m0/s1. The van der Waals surface area contributed by atoms with Gasteiger partial charge in [0.2, 0.25) is 0 Å². The second-order valence-electron chi connectivity index (χ2n) is 9.88. The smallest absolute Gasteiger partial charge is 0.416 e. The Bertz CT molecular complexity index is 1490. The molecule has 3 aliphatic rings. The Hall–Kier alpha value is -3.96. The summed E-state index contributed by atoms with van der Waals surface area (Å²) in [6, 6.07) is 17.9. The van der Waals surface area contributed by atoms with Gasteiger partial charge in [-0.2, -0.15) is 0 Å². The highest BCUT2D eigenvalue weighted by Crippen LogP contribution is 2.45. The number of hydrogen-bond donors (Lipinski definition) is 1. The second kappa shape index (κ2) is 11.1. The summed E-state index contributed by atoms with van der Waals surface area (Å²) in [4.78, 5) is 32.2. The van der Waals surface area contributed by atoms with Crippen molar-refractivity contribution in [3.05, 3.63) is 72.4 Å². The number of aliphatic hydroxyl groups excluding tert-OH is 1. The number of rotatable bonds is 9. The van der Waals surface area contributed by atoms with Crippen LogP contribution in [-0.2, 0) is 29.7 Å². The topological polar surface area (TPSA) is 137 Å². The van der Waals surface area contributed by atoms with Crippen LogP contribution in [0, 0.1) is 0 Å². The Labute approximate surface area is 235 Å². The van der Waals surface area contributed by atoms with E-state index < -0.39 is 32.0 Å². The van der Waals surface area contributed by atoms with Gasteiger partial charge >= 0.3 is 19.8 Å². The number of fused-ring (bicyclic) bond motifs is 3. The summed E-state index contributed by atoms with van der Waals surface area (Å²) in [6.45, 7) is 1.56. The Balaban J connectivity index is 1.07. The molecule has 2 saturated heterocycles. The van der Waals surface area contributed by atoms with Crippen LogP contribution in [0.25, 0.3) is 11.1 Å². The molecule has 214 valence electrons. The summed E-state index contributed by atoms with van der Waals surface area (Å²) in [5, 5.41) is 9.49. The average molecular weight is 582 g/mol. The number of aliphatic hydroxyl groups is 1. The van der Waals surface area contributed by atoms with Crippen LogP contribution in [-0.4, -0.2) is 73.6 Å². The van der Waals surface area contributed by atoms with Crippen molar-refractivity contribution in [2.75, 3.05) is 42.8 Å². The highest BCUT2D eigenvalue weighted by atomic mass is 31.2. The van der Waals surface area contributed by atoms with Gasteiger partial charge in [-0.25, -0.2) is 14.6 Å². The van der Waals surface area contributed by atoms with E-state index in [4.69, 9.17) is 23.3 Å². The van der Waals surface area contributed by atoms with Crippen LogP contribution in [0.4, 0.5) is 21.1 Å². The highest BCUT2D eigenvalue weighted by molar-refractivity contribution is 7.52. The van der Waals surface area contributed by atoms with Crippen LogP contribution in [0.3, 0.4) is 0 Å². The normalized spacial score (nSPS) is 22.8. The van der Waals surface area contributed by atoms with Crippen molar-refractivity contribution in [3.8, 4) is 16.9 Å². The van der Waals surface area contributed by atoms with E-state index in [0.717, 1.165) is 16.7 Å². The summed E-state index contributed by atoms with van der Waals surface area (Å²) < 4.78 is 40.1. The van der Waals surface area contributed by atoms with E-state index in [9.17, 15) is 19.3 Å². The van der Waals surface area contributed by atoms with Gasteiger partial charge in [-0.1, -0.05) is 36.4 Å². The predicted molar refractivity (Wildman–Crippen MR) is 147 cm³/mol. The van der Waals surface area contributed by atoms with Crippen LogP contribution in [0.15, 0.2) is 66.9 Å². The number of anilines is 2. The Morgan fingerprint density at radius 2 is 1.83 bits per heavy atom. The molecular formula is C28H28N3O9P. The summed E-state index contributed by atoms with van der Waals surface area (Å²) in [6.07, 6.45) is -0.731. The maximum Gasteiger partial charge on any atom is 0.416 e. The molecule has 12 nitrogen and oxygen atoms in total. The number of amides is 2. The van der Waals surface area contributed by atoms with E-state index >= 15 is 0 Å². The fourth-order valence-electron chi connectivity index (χ4n) is 4.90. The van der Waals surface area contributed by atoms with Crippen molar-refractivity contribution < 1.29 is 42.5 Å². The lowest BCUT2D eigenvalue weighted by Crippen LogP contribution is -2.45. The average Bonchev–Trinajstić information content (AvgIpc) is 3.54. The molecule has 41 heavy (non-hydrogen) atoms. The zero-order chi connectivity index (χ0) is 28.6. The lowest BCUT2D eigenvalue weighted by atomic mass is 10.0. The largest absolute Gasteiger partial charge is 0.489 e. The van der Waals surface area contributed by atoms with Crippen molar-refractivity contribution in [2.24, 2.45) is 0 Å². The van der Waals surface area contributed by atoms with E-state index in [-0.39, 0.29) is 39.0 Å². The number of cyclic esters (lactones) is 2. The molecule has 6 rings (SSSR count). The molecule has 2 amide bonds. The molecule has 0 aliphatic carbocycles. The number of ether oxygens (including phenoxy) is 3.